The Labute approximate surface area is 110 Å². The number of carbonyl (C=O) groups excluding carboxylic acids is 1. The molecule has 0 spiro atoms. The molecule has 4 heteroatoms. The van der Waals surface area contributed by atoms with Crippen LogP contribution in [0.2, 0.25) is 0 Å². The minimum atomic E-state index is -0.712. The number of amides is 1. The van der Waals surface area contributed by atoms with Crippen molar-refractivity contribution in [3.8, 4) is 6.07 Å². The van der Waals surface area contributed by atoms with E-state index in [0.29, 0.717) is 5.92 Å². The van der Waals surface area contributed by atoms with E-state index < -0.39 is 5.41 Å². The molecule has 4 nitrogen and oxygen atoms in total. The van der Waals surface area contributed by atoms with Crippen LogP contribution in [0, 0.1) is 22.7 Å². The molecule has 0 bridgehead atoms. The van der Waals surface area contributed by atoms with Crippen LogP contribution in [0.4, 0.5) is 0 Å². The van der Waals surface area contributed by atoms with Crippen molar-refractivity contribution in [2.45, 2.75) is 39.2 Å². The summed E-state index contributed by atoms with van der Waals surface area (Å²) in [5, 5.41) is 9.36. The molecule has 1 saturated carbocycles. The summed E-state index contributed by atoms with van der Waals surface area (Å²) in [7, 11) is 2.09. The maximum atomic E-state index is 12.6. The highest BCUT2D eigenvalue weighted by molar-refractivity contribution is 5.86. The van der Waals surface area contributed by atoms with E-state index in [2.05, 4.69) is 31.9 Å². The lowest BCUT2D eigenvalue weighted by atomic mass is 9.62. The van der Waals surface area contributed by atoms with Crippen molar-refractivity contribution >= 4 is 5.91 Å². The smallest absolute Gasteiger partial charge is 0.243 e. The normalized spacial score (nSPS) is 37.6. The molecule has 2 aliphatic rings. The van der Waals surface area contributed by atoms with Crippen LogP contribution in [-0.2, 0) is 4.79 Å². The van der Waals surface area contributed by atoms with E-state index in [1.54, 1.807) is 0 Å². The van der Waals surface area contributed by atoms with E-state index in [0.717, 1.165) is 38.9 Å². The molecule has 100 valence electrons. The van der Waals surface area contributed by atoms with Gasteiger partial charge in [0.2, 0.25) is 5.91 Å². The third-order valence-electron chi connectivity index (χ3n) is 4.32. The molecule has 1 atom stereocenters. The zero-order valence-corrected chi connectivity index (χ0v) is 11.6. The van der Waals surface area contributed by atoms with Gasteiger partial charge in [-0.1, -0.05) is 6.92 Å². The first-order valence-electron chi connectivity index (χ1n) is 6.89. The van der Waals surface area contributed by atoms with Crippen LogP contribution in [0.5, 0.6) is 0 Å². The number of likely N-dealkylation sites (N-methyl/N-ethyl adjacent to an activating group) is 1. The molecule has 0 radical (unpaired) electrons. The third kappa shape index (κ3) is 2.24. The maximum Gasteiger partial charge on any atom is 0.243 e. The molecule has 2 fully saturated rings. The fourth-order valence-corrected chi connectivity index (χ4v) is 3.39. The van der Waals surface area contributed by atoms with Crippen molar-refractivity contribution in [3.05, 3.63) is 0 Å². The van der Waals surface area contributed by atoms with E-state index in [4.69, 9.17) is 0 Å². The second-order valence-electron chi connectivity index (χ2n) is 6.17. The lowest BCUT2D eigenvalue weighted by molar-refractivity contribution is -0.147. The molecule has 0 N–H and O–H groups in total. The third-order valence-corrected chi connectivity index (χ3v) is 4.32. The van der Waals surface area contributed by atoms with Gasteiger partial charge in [0.1, 0.15) is 5.41 Å². The molecule has 1 heterocycles. The largest absolute Gasteiger partial charge is 0.337 e. The lowest BCUT2D eigenvalue weighted by Crippen LogP contribution is -2.53. The number of nitrogens with zero attached hydrogens (tertiary/aromatic N) is 3. The van der Waals surface area contributed by atoms with E-state index in [1.807, 2.05) is 4.90 Å². The fraction of sp³-hybridized carbons (Fsp3) is 0.857. The summed E-state index contributed by atoms with van der Waals surface area (Å²) >= 11 is 0. The summed E-state index contributed by atoms with van der Waals surface area (Å²) in [6, 6.07) is 2.50. The molecular formula is C14H23N3O. The zero-order chi connectivity index (χ0) is 13.3. The molecule has 0 aromatic heterocycles. The highest BCUT2D eigenvalue weighted by atomic mass is 16.2. The standard InChI is InChI=1S/C14H23N3O/c1-11-7-14(8-11,10-15)13(18)17-6-4-5-16(3)9-12(17)2/h11-12H,4-9H2,1-3H3. The summed E-state index contributed by atoms with van der Waals surface area (Å²) in [6.07, 6.45) is 2.48. The van der Waals surface area contributed by atoms with Gasteiger partial charge in [-0.2, -0.15) is 5.26 Å². The van der Waals surface area contributed by atoms with Crippen LogP contribution < -0.4 is 0 Å². The average Bonchev–Trinajstić information content (AvgIpc) is 2.44. The highest BCUT2D eigenvalue weighted by Crippen LogP contribution is 2.46. The fourth-order valence-electron chi connectivity index (χ4n) is 3.39. The van der Waals surface area contributed by atoms with E-state index >= 15 is 0 Å². The molecule has 1 aliphatic carbocycles. The Morgan fingerprint density at radius 2 is 2.00 bits per heavy atom. The zero-order valence-electron chi connectivity index (χ0n) is 11.6. The first kappa shape index (κ1) is 13.4. The number of carbonyl (C=O) groups is 1. The van der Waals surface area contributed by atoms with Crippen LogP contribution in [0.3, 0.4) is 0 Å². The first-order chi connectivity index (χ1) is 8.48. The van der Waals surface area contributed by atoms with Crippen molar-refractivity contribution in [1.82, 2.24) is 9.80 Å². The molecular weight excluding hydrogens is 226 g/mol. The molecule has 18 heavy (non-hydrogen) atoms. The SMILES string of the molecule is CC1CC(C#N)(C(=O)N2CCCN(C)CC2C)C1. The van der Waals surface area contributed by atoms with Crippen molar-refractivity contribution in [3.63, 3.8) is 0 Å². The molecule has 1 unspecified atom stereocenters. The Morgan fingerprint density at radius 3 is 2.56 bits per heavy atom. The minimum Gasteiger partial charge on any atom is -0.337 e. The Hall–Kier alpha value is -1.08. The van der Waals surface area contributed by atoms with Gasteiger partial charge in [0.15, 0.2) is 0 Å². The summed E-state index contributed by atoms with van der Waals surface area (Å²) in [5.74, 6) is 0.587. The number of rotatable bonds is 1. The van der Waals surface area contributed by atoms with Gasteiger partial charge >= 0.3 is 0 Å². The first-order valence-corrected chi connectivity index (χ1v) is 6.89. The Balaban J connectivity index is 2.10. The molecule has 0 aromatic carbocycles. The van der Waals surface area contributed by atoms with Gasteiger partial charge in [0.05, 0.1) is 6.07 Å². The van der Waals surface area contributed by atoms with Crippen molar-refractivity contribution in [1.29, 1.82) is 5.26 Å². The van der Waals surface area contributed by atoms with Crippen LogP contribution in [0.15, 0.2) is 0 Å². The predicted molar refractivity (Wildman–Crippen MR) is 69.7 cm³/mol. The maximum absolute atomic E-state index is 12.6. The summed E-state index contributed by atoms with van der Waals surface area (Å²) < 4.78 is 0. The van der Waals surface area contributed by atoms with E-state index in [9.17, 15) is 10.1 Å². The number of hydrogen-bond acceptors (Lipinski definition) is 3. The summed E-state index contributed by atoms with van der Waals surface area (Å²) in [5.41, 5.74) is -0.712. The van der Waals surface area contributed by atoms with Crippen LogP contribution >= 0.6 is 0 Å². The van der Waals surface area contributed by atoms with Crippen LogP contribution in [-0.4, -0.2) is 48.4 Å². The lowest BCUT2D eigenvalue weighted by Gasteiger charge is -2.43. The second-order valence-corrected chi connectivity index (χ2v) is 6.17. The van der Waals surface area contributed by atoms with Gasteiger partial charge in [-0.25, -0.2) is 0 Å². The minimum absolute atomic E-state index is 0.0749. The van der Waals surface area contributed by atoms with Crippen molar-refractivity contribution < 1.29 is 4.79 Å². The Bertz CT molecular complexity index is 368. The molecule has 0 aromatic rings. The van der Waals surface area contributed by atoms with Gasteiger partial charge < -0.3 is 9.80 Å². The van der Waals surface area contributed by atoms with Crippen LogP contribution in [0.25, 0.3) is 0 Å². The summed E-state index contributed by atoms with van der Waals surface area (Å²) in [4.78, 5) is 16.8. The van der Waals surface area contributed by atoms with E-state index in [-0.39, 0.29) is 11.9 Å². The van der Waals surface area contributed by atoms with Gasteiger partial charge in [-0.05, 0) is 45.7 Å². The van der Waals surface area contributed by atoms with E-state index in [1.165, 1.54) is 0 Å². The number of hydrogen-bond donors (Lipinski definition) is 0. The molecule has 1 amide bonds. The topological polar surface area (TPSA) is 47.3 Å². The van der Waals surface area contributed by atoms with Crippen molar-refractivity contribution in [2.24, 2.45) is 11.3 Å². The quantitative estimate of drug-likeness (QED) is 0.707. The van der Waals surface area contributed by atoms with Gasteiger partial charge in [-0.15, -0.1) is 0 Å². The van der Waals surface area contributed by atoms with Crippen molar-refractivity contribution in [2.75, 3.05) is 26.7 Å². The second kappa shape index (κ2) is 4.89. The highest BCUT2D eigenvalue weighted by Gasteiger charge is 2.51. The molecule has 2 rings (SSSR count). The monoisotopic (exact) mass is 249 g/mol. The van der Waals surface area contributed by atoms with Gasteiger partial charge in [0.25, 0.3) is 0 Å². The van der Waals surface area contributed by atoms with Gasteiger partial charge in [-0.3, -0.25) is 4.79 Å². The molecule has 1 aliphatic heterocycles. The predicted octanol–water partition coefficient (Wildman–Crippen LogP) is 1.48. The summed E-state index contributed by atoms with van der Waals surface area (Å²) in [6.45, 7) is 6.93. The average molecular weight is 249 g/mol. The number of nitriles is 1. The Kier molecular flexibility index (Phi) is 3.63. The Morgan fingerprint density at radius 1 is 1.33 bits per heavy atom. The molecule has 1 saturated heterocycles. The van der Waals surface area contributed by atoms with Crippen LogP contribution in [0.1, 0.15) is 33.1 Å². The van der Waals surface area contributed by atoms with Gasteiger partial charge in [0, 0.05) is 19.1 Å².